The van der Waals surface area contributed by atoms with Gasteiger partial charge in [-0.2, -0.15) is 0 Å². The largest absolute Gasteiger partial charge is 0.354 e. The molecule has 1 amide bonds. The first-order valence-corrected chi connectivity index (χ1v) is 8.30. The molecule has 0 spiro atoms. The standard InChI is InChI=1S/C17H19N7O/c1-23-8-5-13-15(23)20-11-21-16(13)24-7-2-3-12(9-24)22-17(25)14-4-6-18-10-19-14/h4-6,8,10-12H,2-3,7,9H2,1H3,(H,22,25). The van der Waals surface area contributed by atoms with Crippen LogP contribution < -0.4 is 10.2 Å². The summed E-state index contributed by atoms with van der Waals surface area (Å²) in [5, 5.41) is 4.10. The summed E-state index contributed by atoms with van der Waals surface area (Å²) in [5.41, 5.74) is 1.30. The highest BCUT2D eigenvalue weighted by Gasteiger charge is 2.24. The second kappa shape index (κ2) is 6.46. The Labute approximate surface area is 144 Å². The van der Waals surface area contributed by atoms with E-state index >= 15 is 0 Å². The van der Waals surface area contributed by atoms with E-state index in [1.165, 1.54) is 6.33 Å². The average Bonchev–Trinajstić information content (AvgIpc) is 3.04. The van der Waals surface area contributed by atoms with Crippen molar-refractivity contribution in [3.63, 3.8) is 0 Å². The highest BCUT2D eigenvalue weighted by Crippen LogP contribution is 2.26. The van der Waals surface area contributed by atoms with Crippen molar-refractivity contribution in [1.82, 2.24) is 29.8 Å². The lowest BCUT2D eigenvalue weighted by molar-refractivity contribution is 0.0928. The molecule has 1 saturated heterocycles. The van der Waals surface area contributed by atoms with E-state index in [0.29, 0.717) is 5.69 Å². The van der Waals surface area contributed by atoms with Gasteiger partial charge >= 0.3 is 0 Å². The summed E-state index contributed by atoms with van der Waals surface area (Å²) < 4.78 is 1.98. The molecule has 8 nitrogen and oxygen atoms in total. The van der Waals surface area contributed by atoms with Crippen LogP contribution >= 0.6 is 0 Å². The number of nitrogens with zero attached hydrogens (tertiary/aromatic N) is 6. The van der Waals surface area contributed by atoms with Crippen LogP contribution in [0.1, 0.15) is 23.3 Å². The van der Waals surface area contributed by atoms with Gasteiger partial charge in [0.2, 0.25) is 0 Å². The minimum atomic E-state index is -0.165. The molecular formula is C17H19N7O. The first kappa shape index (κ1) is 15.5. The quantitative estimate of drug-likeness (QED) is 0.771. The van der Waals surface area contributed by atoms with Gasteiger partial charge < -0.3 is 14.8 Å². The summed E-state index contributed by atoms with van der Waals surface area (Å²) >= 11 is 0. The second-order valence-corrected chi connectivity index (χ2v) is 6.21. The summed E-state index contributed by atoms with van der Waals surface area (Å²) in [7, 11) is 1.97. The van der Waals surface area contributed by atoms with Gasteiger partial charge in [0.25, 0.3) is 5.91 Å². The zero-order chi connectivity index (χ0) is 17.2. The van der Waals surface area contributed by atoms with Crippen LogP contribution in [0, 0.1) is 0 Å². The van der Waals surface area contributed by atoms with Gasteiger partial charge in [-0.15, -0.1) is 0 Å². The maximum Gasteiger partial charge on any atom is 0.270 e. The van der Waals surface area contributed by atoms with Gasteiger partial charge in [0.15, 0.2) is 0 Å². The van der Waals surface area contributed by atoms with Crippen molar-refractivity contribution in [3.05, 3.63) is 42.9 Å². The number of rotatable bonds is 3. The Bertz CT molecular complexity index is 892. The fraction of sp³-hybridized carbons (Fsp3) is 0.353. The maximum atomic E-state index is 12.3. The van der Waals surface area contributed by atoms with Gasteiger partial charge in [-0.05, 0) is 25.0 Å². The van der Waals surface area contributed by atoms with Gasteiger partial charge in [0.05, 0.1) is 5.39 Å². The highest BCUT2D eigenvalue weighted by atomic mass is 16.1. The normalized spacial score (nSPS) is 17.6. The van der Waals surface area contributed by atoms with Crippen molar-refractivity contribution < 1.29 is 4.79 Å². The number of aryl methyl sites for hydroxylation is 1. The Balaban J connectivity index is 1.52. The summed E-state index contributed by atoms with van der Waals surface area (Å²) in [6, 6.07) is 3.71. The van der Waals surface area contributed by atoms with Crippen molar-refractivity contribution in [1.29, 1.82) is 0 Å². The third kappa shape index (κ3) is 3.02. The van der Waals surface area contributed by atoms with Crippen LogP contribution in [0.5, 0.6) is 0 Å². The van der Waals surface area contributed by atoms with E-state index in [0.717, 1.165) is 42.8 Å². The smallest absolute Gasteiger partial charge is 0.270 e. The number of hydrogen-bond acceptors (Lipinski definition) is 6. The van der Waals surface area contributed by atoms with Gasteiger partial charge in [0, 0.05) is 38.6 Å². The number of anilines is 1. The van der Waals surface area contributed by atoms with Crippen molar-refractivity contribution in [3.8, 4) is 0 Å². The van der Waals surface area contributed by atoms with E-state index in [1.54, 1.807) is 18.6 Å². The van der Waals surface area contributed by atoms with Gasteiger partial charge in [-0.1, -0.05) is 0 Å². The highest BCUT2D eigenvalue weighted by molar-refractivity contribution is 5.92. The zero-order valence-corrected chi connectivity index (χ0v) is 14.0. The zero-order valence-electron chi connectivity index (χ0n) is 14.0. The maximum absolute atomic E-state index is 12.3. The molecule has 0 bridgehead atoms. The van der Waals surface area contributed by atoms with E-state index < -0.39 is 0 Å². The van der Waals surface area contributed by atoms with Gasteiger partial charge in [-0.25, -0.2) is 19.9 Å². The molecule has 0 radical (unpaired) electrons. The van der Waals surface area contributed by atoms with E-state index in [4.69, 9.17) is 0 Å². The van der Waals surface area contributed by atoms with Crippen LogP contribution in [0.2, 0.25) is 0 Å². The number of carbonyl (C=O) groups is 1. The number of aromatic nitrogens is 5. The molecule has 0 saturated carbocycles. The van der Waals surface area contributed by atoms with E-state index in [9.17, 15) is 4.79 Å². The van der Waals surface area contributed by atoms with Crippen molar-refractivity contribution >= 4 is 22.8 Å². The molecule has 3 aromatic rings. The molecule has 128 valence electrons. The van der Waals surface area contributed by atoms with Crippen LogP contribution in [0.3, 0.4) is 0 Å². The lowest BCUT2D eigenvalue weighted by Crippen LogP contribution is -2.48. The summed E-state index contributed by atoms with van der Waals surface area (Å²) in [5.74, 6) is 0.758. The van der Waals surface area contributed by atoms with Gasteiger partial charge in [-0.3, -0.25) is 4.79 Å². The lowest BCUT2D eigenvalue weighted by atomic mass is 10.1. The molecule has 8 heteroatoms. The predicted octanol–water partition coefficient (Wildman–Crippen LogP) is 1.16. The van der Waals surface area contributed by atoms with Crippen LogP contribution in [0.25, 0.3) is 11.0 Å². The Morgan fingerprint density at radius 2 is 2.16 bits per heavy atom. The Kier molecular flexibility index (Phi) is 4.01. The molecule has 4 heterocycles. The van der Waals surface area contributed by atoms with E-state index in [1.807, 2.05) is 23.9 Å². The molecule has 4 rings (SSSR count). The molecule has 1 aliphatic heterocycles. The predicted molar refractivity (Wildman–Crippen MR) is 93.2 cm³/mol. The third-order valence-electron chi connectivity index (χ3n) is 4.51. The molecule has 25 heavy (non-hydrogen) atoms. The topological polar surface area (TPSA) is 88.8 Å². The van der Waals surface area contributed by atoms with E-state index in [-0.39, 0.29) is 11.9 Å². The van der Waals surface area contributed by atoms with Crippen molar-refractivity contribution in [2.75, 3.05) is 18.0 Å². The molecule has 1 unspecified atom stereocenters. The fourth-order valence-corrected chi connectivity index (χ4v) is 3.29. The number of carbonyl (C=O) groups excluding carboxylic acids is 1. The lowest BCUT2D eigenvalue weighted by Gasteiger charge is -2.34. The molecular weight excluding hydrogens is 318 g/mol. The molecule has 1 N–H and O–H groups in total. The number of piperidine rings is 1. The molecule has 0 aliphatic carbocycles. The van der Waals surface area contributed by atoms with E-state index in [2.05, 4.69) is 30.2 Å². The van der Waals surface area contributed by atoms with Crippen LogP contribution in [-0.4, -0.2) is 49.5 Å². The van der Waals surface area contributed by atoms with Crippen molar-refractivity contribution in [2.45, 2.75) is 18.9 Å². The number of nitrogens with one attached hydrogen (secondary N) is 1. The number of fused-ring (bicyclic) bond motifs is 1. The fourth-order valence-electron chi connectivity index (χ4n) is 3.29. The molecule has 1 atom stereocenters. The minimum Gasteiger partial charge on any atom is -0.354 e. The SMILES string of the molecule is Cn1ccc2c(N3CCCC(NC(=O)c4ccncn4)C3)ncnc21. The Morgan fingerprint density at radius 3 is 3.00 bits per heavy atom. The summed E-state index contributed by atoms with van der Waals surface area (Å²) in [4.78, 5) is 31.2. The van der Waals surface area contributed by atoms with Crippen LogP contribution in [-0.2, 0) is 7.05 Å². The number of hydrogen-bond donors (Lipinski definition) is 1. The minimum absolute atomic E-state index is 0.0601. The number of amides is 1. The first-order valence-electron chi connectivity index (χ1n) is 8.30. The third-order valence-corrected chi connectivity index (χ3v) is 4.51. The second-order valence-electron chi connectivity index (χ2n) is 6.21. The Morgan fingerprint density at radius 1 is 1.24 bits per heavy atom. The van der Waals surface area contributed by atoms with Crippen LogP contribution in [0.4, 0.5) is 5.82 Å². The Hall–Kier alpha value is -3.03. The van der Waals surface area contributed by atoms with Crippen molar-refractivity contribution in [2.24, 2.45) is 7.05 Å². The average molecular weight is 337 g/mol. The molecule has 1 fully saturated rings. The molecule has 3 aromatic heterocycles. The van der Waals surface area contributed by atoms with Crippen LogP contribution in [0.15, 0.2) is 37.2 Å². The summed E-state index contributed by atoms with van der Waals surface area (Å²) in [6.07, 6.45) is 8.47. The van der Waals surface area contributed by atoms with Gasteiger partial charge in [0.1, 0.15) is 29.8 Å². The molecule has 0 aromatic carbocycles. The first-order chi connectivity index (χ1) is 12.2. The monoisotopic (exact) mass is 337 g/mol. The molecule has 1 aliphatic rings. The summed E-state index contributed by atoms with van der Waals surface area (Å²) in [6.45, 7) is 1.64.